The summed E-state index contributed by atoms with van der Waals surface area (Å²) < 4.78 is 37.9. The molecule has 0 aliphatic rings. The predicted octanol–water partition coefficient (Wildman–Crippen LogP) is 3.71. The van der Waals surface area contributed by atoms with Gasteiger partial charge in [-0.05, 0) is 42.5 Å². The third-order valence-electron chi connectivity index (χ3n) is 3.08. The van der Waals surface area contributed by atoms with Gasteiger partial charge in [-0.3, -0.25) is 4.79 Å². The van der Waals surface area contributed by atoms with Crippen LogP contribution >= 0.6 is 0 Å². The highest BCUT2D eigenvalue weighted by molar-refractivity contribution is 6.00. The number of halogens is 3. The van der Waals surface area contributed by atoms with Gasteiger partial charge in [-0.15, -0.1) is 0 Å². The molecular weight excluding hydrogens is 323 g/mol. The molecule has 2 aromatic rings. The molecule has 0 spiro atoms. The first-order valence-corrected chi connectivity index (χ1v) is 6.87. The van der Waals surface area contributed by atoms with E-state index in [1.807, 2.05) is 0 Å². The maximum Gasteiger partial charge on any atom is 0.416 e. The van der Waals surface area contributed by atoms with Crippen LogP contribution in [0.4, 0.5) is 29.3 Å². The molecule has 0 aromatic heterocycles. The SMILES string of the molecule is CNC(=O)c1ccc(NC(=O)Nc2cccc(C(F)(F)F)c2)cc1. The van der Waals surface area contributed by atoms with E-state index in [-0.39, 0.29) is 11.6 Å². The van der Waals surface area contributed by atoms with Crippen molar-refractivity contribution in [2.75, 3.05) is 17.7 Å². The van der Waals surface area contributed by atoms with Crippen molar-refractivity contribution in [2.45, 2.75) is 6.18 Å². The Morgan fingerprint density at radius 3 is 2.12 bits per heavy atom. The van der Waals surface area contributed by atoms with Gasteiger partial charge in [0.05, 0.1) is 5.56 Å². The number of carbonyl (C=O) groups is 2. The zero-order valence-electron chi connectivity index (χ0n) is 12.6. The number of alkyl halides is 3. The monoisotopic (exact) mass is 337 g/mol. The zero-order valence-corrected chi connectivity index (χ0v) is 12.6. The highest BCUT2D eigenvalue weighted by Gasteiger charge is 2.30. The average Bonchev–Trinajstić information content (AvgIpc) is 2.54. The minimum atomic E-state index is -4.48. The zero-order chi connectivity index (χ0) is 17.7. The molecule has 3 N–H and O–H groups in total. The Bertz CT molecular complexity index is 743. The van der Waals surface area contributed by atoms with Crippen molar-refractivity contribution in [3.05, 3.63) is 59.7 Å². The number of benzene rings is 2. The van der Waals surface area contributed by atoms with Crippen LogP contribution in [0.25, 0.3) is 0 Å². The first kappa shape index (κ1) is 17.3. The van der Waals surface area contributed by atoms with E-state index in [0.717, 1.165) is 12.1 Å². The van der Waals surface area contributed by atoms with Crippen LogP contribution in [-0.2, 0) is 6.18 Å². The fourth-order valence-corrected chi connectivity index (χ4v) is 1.92. The van der Waals surface area contributed by atoms with E-state index in [1.165, 1.54) is 43.4 Å². The van der Waals surface area contributed by atoms with Crippen LogP contribution in [0.5, 0.6) is 0 Å². The van der Waals surface area contributed by atoms with Crippen molar-refractivity contribution in [3.63, 3.8) is 0 Å². The molecule has 0 unspecified atom stereocenters. The van der Waals surface area contributed by atoms with Gasteiger partial charge in [0.2, 0.25) is 0 Å². The Kier molecular flexibility index (Phi) is 5.08. The van der Waals surface area contributed by atoms with Gasteiger partial charge in [0.15, 0.2) is 0 Å². The maximum atomic E-state index is 12.6. The molecule has 2 rings (SSSR count). The second kappa shape index (κ2) is 7.03. The molecular formula is C16H14F3N3O2. The lowest BCUT2D eigenvalue weighted by atomic mass is 10.2. The molecule has 8 heteroatoms. The van der Waals surface area contributed by atoms with Crippen molar-refractivity contribution in [2.24, 2.45) is 0 Å². The van der Waals surface area contributed by atoms with E-state index in [9.17, 15) is 22.8 Å². The van der Waals surface area contributed by atoms with E-state index >= 15 is 0 Å². The van der Waals surface area contributed by atoms with Gasteiger partial charge >= 0.3 is 12.2 Å². The quantitative estimate of drug-likeness (QED) is 0.799. The largest absolute Gasteiger partial charge is 0.416 e. The van der Waals surface area contributed by atoms with Crippen molar-refractivity contribution >= 4 is 23.3 Å². The number of rotatable bonds is 3. The summed E-state index contributed by atoms with van der Waals surface area (Å²) in [6.45, 7) is 0. The first-order valence-electron chi connectivity index (χ1n) is 6.87. The molecule has 0 aliphatic heterocycles. The molecule has 24 heavy (non-hydrogen) atoms. The maximum absolute atomic E-state index is 12.6. The van der Waals surface area contributed by atoms with Crippen LogP contribution in [0, 0.1) is 0 Å². The standard InChI is InChI=1S/C16H14F3N3O2/c1-20-14(23)10-5-7-12(8-6-10)21-15(24)22-13-4-2-3-11(9-13)16(17,18)19/h2-9H,1H3,(H,20,23)(H2,21,22,24). The summed E-state index contributed by atoms with van der Waals surface area (Å²) in [5, 5.41) is 7.25. The Morgan fingerprint density at radius 2 is 1.54 bits per heavy atom. The first-order chi connectivity index (χ1) is 11.3. The molecule has 5 nitrogen and oxygen atoms in total. The smallest absolute Gasteiger partial charge is 0.355 e. The second-order valence-corrected chi connectivity index (χ2v) is 4.81. The number of carbonyl (C=O) groups excluding carboxylic acids is 2. The van der Waals surface area contributed by atoms with Gasteiger partial charge in [0, 0.05) is 24.0 Å². The van der Waals surface area contributed by atoms with Gasteiger partial charge in [0.1, 0.15) is 0 Å². The summed E-state index contributed by atoms with van der Waals surface area (Å²) in [6.07, 6.45) is -4.48. The Labute approximate surface area is 135 Å². The third-order valence-corrected chi connectivity index (χ3v) is 3.08. The minimum Gasteiger partial charge on any atom is -0.355 e. The molecule has 0 radical (unpaired) electrons. The molecule has 0 atom stereocenters. The van der Waals surface area contributed by atoms with Gasteiger partial charge in [-0.1, -0.05) is 6.07 Å². The lowest BCUT2D eigenvalue weighted by Gasteiger charge is -2.11. The molecule has 0 saturated carbocycles. The lowest BCUT2D eigenvalue weighted by Crippen LogP contribution is -2.20. The van der Waals surface area contributed by atoms with Crippen LogP contribution in [0.15, 0.2) is 48.5 Å². The topological polar surface area (TPSA) is 70.2 Å². The fourth-order valence-electron chi connectivity index (χ4n) is 1.92. The number of hydrogen-bond acceptors (Lipinski definition) is 2. The Morgan fingerprint density at radius 1 is 0.917 bits per heavy atom. The van der Waals surface area contributed by atoms with Crippen molar-refractivity contribution in [3.8, 4) is 0 Å². The van der Waals surface area contributed by atoms with Gasteiger partial charge < -0.3 is 16.0 Å². The summed E-state index contributed by atoms with van der Waals surface area (Å²) in [6, 6.07) is 9.67. The van der Waals surface area contributed by atoms with Gasteiger partial charge in [-0.25, -0.2) is 4.79 Å². The Balaban J connectivity index is 2.02. The second-order valence-electron chi connectivity index (χ2n) is 4.81. The summed E-state index contributed by atoms with van der Waals surface area (Å²) in [5.41, 5.74) is -0.0204. The minimum absolute atomic E-state index is 0.0179. The molecule has 3 amide bonds. The molecule has 2 aromatic carbocycles. The predicted molar refractivity (Wildman–Crippen MR) is 83.9 cm³/mol. The van der Waals surface area contributed by atoms with E-state index in [4.69, 9.17) is 0 Å². The number of anilines is 2. The highest BCUT2D eigenvalue weighted by atomic mass is 19.4. The van der Waals surface area contributed by atoms with Gasteiger partial charge in [-0.2, -0.15) is 13.2 Å². The van der Waals surface area contributed by atoms with E-state index in [2.05, 4.69) is 16.0 Å². The van der Waals surface area contributed by atoms with Gasteiger partial charge in [0.25, 0.3) is 5.91 Å². The molecule has 126 valence electrons. The van der Waals surface area contributed by atoms with E-state index in [1.54, 1.807) is 0 Å². The molecule has 0 fully saturated rings. The molecule has 0 saturated heterocycles. The van der Waals surface area contributed by atoms with Crippen LogP contribution in [0.1, 0.15) is 15.9 Å². The summed E-state index contributed by atoms with van der Waals surface area (Å²) >= 11 is 0. The average molecular weight is 337 g/mol. The normalized spacial score (nSPS) is 10.8. The van der Waals surface area contributed by atoms with Crippen LogP contribution in [0.2, 0.25) is 0 Å². The van der Waals surface area contributed by atoms with Crippen molar-refractivity contribution < 1.29 is 22.8 Å². The number of amides is 3. The lowest BCUT2D eigenvalue weighted by molar-refractivity contribution is -0.137. The number of nitrogens with one attached hydrogen (secondary N) is 3. The summed E-state index contributed by atoms with van der Waals surface area (Å²) in [5.74, 6) is -0.269. The highest BCUT2D eigenvalue weighted by Crippen LogP contribution is 2.30. The van der Waals surface area contributed by atoms with Crippen LogP contribution in [0.3, 0.4) is 0 Å². The number of urea groups is 1. The Hall–Kier alpha value is -3.03. The van der Waals surface area contributed by atoms with Crippen LogP contribution in [-0.4, -0.2) is 19.0 Å². The summed E-state index contributed by atoms with van der Waals surface area (Å²) in [7, 11) is 1.50. The van der Waals surface area contributed by atoms with Crippen LogP contribution < -0.4 is 16.0 Å². The molecule has 0 bridgehead atoms. The number of hydrogen-bond donors (Lipinski definition) is 3. The molecule has 0 aliphatic carbocycles. The summed E-state index contributed by atoms with van der Waals surface area (Å²) in [4.78, 5) is 23.2. The van der Waals surface area contributed by atoms with Crippen molar-refractivity contribution in [1.82, 2.24) is 5.32 Å². The molecule has 0 heterocycles. The third kappa shape index (κ3) is 4.48. The van der Waals surface area contributed by atoms with E-state index in [0.29, 0.717) is 11.3 Å². The van der Waals surface area contributed by atoms with E-state index < -0.39 is 17.8 Å². The fraction of sp³-hybridized carbons (Fsp3) is 0.125. The van der Waals surface area contributed by atoms with Crippen molar-refractivity contribution in [1.29, 1.82) is 0 Å².